The highest BCUT2D eigenvalue weighted by molar-refractivity contribution is 5.95. The standard InChI is InChI=1S/C16H25N3O2/c1-4-11-21-15-8-7-13(12-14(15)17)16(20)18-9-5-6-10-19(2)3/h4,7-8,12H,1,5-6,9-11,17H2,2-3H3,(H,18,20). The maximum absolute atomic E-state index is 12.0. The number of nitrogens with two attached hydrogens (primary N) is 1. The molecule has 0 spiro atoms. The second kappa shape index (κ2) is 9.02. The third-order valence-electron chi connectivity index (χ3n) is 2.95. The van der Waals surface area contributed by atoms with Crippen LogP contribution in [0.3, 0.4) is 0 Å². The van der Waals surface area contributed by atoms with E-state index in [1.165, 1.54) is 0 Å². The van der Waals surface area contributed by atoms with Crippen LogP contribution in [0, 0.1) is 0 Å². The van der Waals surface area contributed by atoms with E-state index in [-0.39, 0.29) is 5.91 Å². The Morgan fingerprint density at radius 2 is 2.19 bits per heavy atom. The fourth-order valence-electron chi connectivity index (χ4n) is 1.83. The second-order valence-electron chi connectivity index (χ2n) is 5.12. The van der Waals surface area contributed by atoms with Crippen LogP contribution >= 0.6 is 0 Å². The minimum absolute atomic E-state index is 0.109. The highest BCUT2D eigenvalue weighted by Gasteiger charge is 2.08. The van der Waals surface area contributed by atoms with E-state index in [1.807, 2.05) is 14.1 Å². The van der Waals surface area contributed by atoms with Gasteiger partial charge in [0.05, 0.1) is 5.69 Å². The summed E-state index contributed by atoms with van der Waals surface area (Å²) in [7, 11) is 4.08. The third-order valence-corrected chi connectivity index (χ3v) is 2.95. The van der Waals surface area contributed by atoms with E-state index in [2.05, 4.69) is 16.8 Å². The Balaban J connectivity index is 2.43. The molecule has 1 aromatic carbocycles. The zero-order valence-corrected chi connectivity index (χ0v) is 12.9. The Morgan fingerprint density at radius 1 is 1.43 bits per heavy atom. The number of rotatable bonds is 9. The van der Waals surface area contributed by atoms with Crippen LogP contribution in [0.15, 0.2) is 30.9 Å². The number of carbonyl (C=O) groups excluding carboxylic acids is 1. The van der Waals surface area contributed by atoms with E-state index in [0.717, 1.165) is 19.4 Å². The molecule has 5 heteroatoms. The first-order valence-electron chi connectivity index (χ1n) is 7.10. The van der Waals surface area contributed by atoms with Crippen molar-refractivity contribution in [3.05, 3.63) is 36.4 Å². The van der Waals surface area contributed by atoms with Crippen LogP contribution in [0.2, 0.25) is 0 Å². The van der Waals surface area contributed by atoms with Gasteiger partial charge in [-0.05, 0) is 51.7 Å². The fraction of sp³-hybridized carbons (Fsp3) is 0.438. The molecule has 0 aliphatic heterocycles. The van der Waals surface area contributed by atoms with E-state index >= 15 is 0 Å². The molecule has 3 N–H and O–H groups in total. The number of hydrogen-bond donors (Lipinski definition) is 2. The minimum atomic E-state index is -0.109. The summed E-state index contributed by atoms with van der Waals surface area (Å²) in [6.45, 7) is 5.66. The molecule has 0 heterocycles. The van der Waals surface area contributed by atoms with Gasteiger partial charge in [-0.15, -0.1) is 0 Å². The van der Waals surface area contributed by atoms with Gasteiger partial charge in [0.15, 0.2) is 0 Å². The van der Waals surface area contributed by atoms with Crippen molar-refractivity contribution < 1.29 is 9.53 Å². The van der Waals surface area contributed by atoms with E-state index in [4.69, 9.17) is 10.5 Å². The zero-order chi connectivity index (χ0) is 15.7. The molecule has 0 unspecified atom stereocenters. The van der Waals surface area contributed by atoms with Crippen LogP contribution in [0.5, 0.6) is 5.75 Å². The lowest BCUT2D eigenvalue weighted by Crippen LogP contribution is -2.25. The summed E-state index contributed by atoms with van der Waals surface area (Å²) in [5, 5.41) is 2.89. The first kappa shape index (κ1) is 17.0. The number of anilines is 1. The number of carbonyl (C=O) groups is 1. The number of nitrogens with zero attached hydrogens (tertiary/aromatic N) is 1. The molecule has 1 amide bonds. The van der Waals surface area contributed by atoms with Gasteiger partial charge >= 0.3 is 0 Å². The summed E-state index contributed by atoms with van der Waals surface area (Å²) in [4.78, 5) is 14.1. The molecular weight excluding hydrogens is 266 g/mol. The van der Waals surface area contributed by atoms with Crippen LogP contribution in [-0.4, -0.2) is 44.6 Å². The number of benzene rings is 1. The Morgan fingerprint density at radius 3 is 2.81 bits per heavy atom. The van der Waals surface area contributed by atoms with Crippen molar-refractivity contribution in [3.8, 4) is 5.75 Å². The number of ether oxygens (including phenoxy) is 1. The maximum Gasteiger partial charge on any atom is 0.251 e. The second-order valence-corrected chi connectivity index (χ2v) is 5.12. The molecule has 0 aliphatic rings. The van der Waals surface area contributed by atoms with Crippen molar-refractivity contribution in [2.24, 2.45) is 0 Å². The third kappa shape index (κ3) is 6.31. The monoisotopic (exact) mass is 291 g/mol. The van der Waals surface area contributed by atoms with E-state index in [0.29, 0.717) is 30.2 Å². The van der Waals surface area contributed by atoms with Crippen LogP contribution in [0.25, 0.3) is 0 Å². The lowest BCUT2D eigenvalue weighted by atomic mass is 10.1. The average molecular weight is 291 g/mol. The molecule has 0 aromatic heterocycles. The van der Waals surface area contributed by atoms with Crippen LogP contribution < -0.4 is 15.8 Å². The van der Waals surface area contributed by atoms with Crippen LogP contribution in [0.1, 0.15) is 23.2 Å². The number of nitrogens with one attached hydrogen (secondary N) is 1. The molecule has 1 rings (SSSR count). The molecule has 0 saturated heterocycles. The summed E-state index contributed by atoms with van der Waals surface area (Å²) in [5.41, 5.74) is 6.87. The first-order chi connectivity index (χ1) is 10.0. The van der Waals surface area contributed by atoms with Crippen LogP contribution in [0.4, 0.5) is 5.69 Å². The average Bonchev–Trinajstić information content (AvgIpc) is 2.45. The topological polar surface area (TPSA) is 67.6 Å². The maximum atomic E-state index is 12.0. The van der Waals surface area contributed by atoms with Gasteiger partial charge in [0.1, 0.15) is 12.4 Å². The smallest absolute Gasteiger partial charge is 0.251 e. The summed E-state index contributed by atoms with van der Waals surface area (Å²) in [6, 6.07) is 5.05. The van der Waals surface area contributed by atoms with E-state index < -0.39 is 0 Å². The van der Waals surface area contributed by atoms with Crippen molar-refractivity contribution >= 4 is 11.6 Å². The predicted molar refractivity (Wildman–Crippen MR) is 86.7 cm³/mol. The Bertz CT molecular complexity index is 473. The first-order valence-corrected chi connectivity index (χ1v) is 7.10. The van der Waals surface area contributed by atoms with E-state index in [9.17, 15) is 4.79 Å². The molecule has 0 bridgehead atoms. The SMILES string of the molecule is C=CCOc1ccc(C(=O)NCCCCN(C)C)cc1N. The molecule has 5 nitrogen and oxygen atoms in total. The van der Waals surface area contributed by atoms with Crippen molar-refractivity contribution in [1.29, 1.82) is 0 Å². The summed E-state index contributed by atoms with van der Waals surface area (Å²) in [6.07, 6.45) is 3.66. The van der Waals surface area contributed by atoms with Gasteiger partial charge in [0.25, 0.3) is 5.91 Å². The predicted octanol–water partition coefficient (Wildman–Crippen LogP) is 1.91. The van der Waals surface area contributed by atoms with Gasteiger partial charge in [-0.3, -0.25) is 4.79 Å². The lowest BCUT2D eigenvalue weighted by Gasteiger charge is -2.11. The summed E-state index contributed by atoms with van der Waals surface area (Å²) < 4.78 is 5.38. The Kier molecular flexibility index (Phi) is 7.32. The van der Waals surface area contributed by atoms with Gasteiger partial charge in [0.2, 0.25) is 0 Å². The quantitative estimate of drug-likeness (QED) is 0.414. The highest BCUT2D eigenvalue weighted by atomic mass is 16.5. The molecule has 0 fully saturated rings. The van der Waals surface area contributed by atoms with E-state index in [1.54, 1.807) is 24.3 Å². The number of amides is 1. The Hall–Kier alpha value is -2.01. The summed E-state index contributed by atoms with van der Waals surface area (Å²) in [5.74, 6) is 0.458. The fourth-order valence-corrected chi connectivity index (χ4v) is 1.83. The molecule has 21 heavy (non-hydrogen) atoms. The molecule has 116 valence electrons. The van der Waals surface area contributed by atoms with Gasteiger partial charge in [-0.1, -0.05) is 12.7 Å². The molecule has 0 radical (unpaired) electrons. The van der Waals surface area contributed by atoms with Gasteiger partial charge < -0.3 is 20.7 Å². The Labute approximate surface area is 126 Å². The van der Waals surface area contributed by atoms with Crippen molar-refractivity contribution in [3.63, 3.8) is 0 Å². The van der Waals surface area contributed by atoms with Crippen LogP contribution in [-0.2, 0) is 0 Å². The number of hydrogen-bond acceptors (Lipinski definition) is 4. The zero-order valence-electron chi connectivity index (χ0n) is 12.9. The van der Waals surface area contributed by atoms with Gasteiger partial charge in [0, 0.05) is 12.1 Å². The molecule has 0 atom stereocenters. The molecular formula is C16H25N3O2. The largest absolute Gasteiger partial charge is 0.487 e. The van der Waals surface area contributed by atoms with Crippen molar-refractivity contribution in [2.45, 2.75) is 12.8 Å². The number of unbranched alkanes of at least 4 members (excludes halogenated alkanes) is 1. The molecule has 0 aliphatic carbocycles. The van der Waals surface area contributed by atoms with Crippen molar-refractivity contribution in [1.82, 2.24) is 10.2 Å². The summed E-state index contributed by atoms with van der Waals surface area (Å²) >= 11 is 0. The minimum Gasteiger partial charge on any atom is -0.487 e. The lowest BCUT2D eigenvalue weighted by molar-refractivity contribution is 0.0953. The molecule has 0 saturated carbocycles. The number of nitrogen functional groups attached to an aromatic ring is 1. The van der Waals surface area contributed by atoms with Crippen molar-refractivity contribution in [2.75, 3.05) is 39.5 Å². The highest BCUT2D eigenvalue weighted by Crippen LogP contribution is 2.22. The molecule has 1 aromatic rings. The van der Waals surface area contributed by atoms with Gasteiger partial charge in [-0.2, -0.15) is 0 Å². The van der Waals surface area contributed by atoms with Gasteiger partial charge in [-0.25, -0.2) is 0 Å². The normalized spacial score (nSPS) is 10.4.